The van der Waals surface area contributed by atoms with Crippen molar-refractivity contribution in [2.75, 3.05) is 12.5 Å². The summed E-state index contributed by atoms with van der Waals surface area (Å²) >= 11 is 3.14. The Morgan fingerprint density at radius 1 is 1.58 bits per heavy atom. The van der Waals surface area contributed by atoms with E-state index in [0.717, 1.165) is 0 Å². The summed E-state index contributed by atoms with van der Waals surface area (Å²) in [6, 6.07) is 2.76. The van der Waals surface area contributed by atoms with Crippen LogP contribution in [-0.2, 0) is 0 Å². The first-order chi connectivity index (χ1) is 5.69. The van der Waals surface area contributed by atoms with Crippen molar-refractivity contribution in [2.24, 2.45) is 5.84 Å². The summed E-state index contributed by atoms with van der Waals surface area (Å²) in [5.74, 6) is 5.17. The van der Waals surface area contributed by atoms with Crippen molar-refractivity contribution < 1.29 is 9.13 Å². The summed E-state index contributed by atoms with van der Waals surface area (Å²) in [5, 5.41) is 0. The Labute approximate surface area is 77.8 Å². The van der Waals surface area contributed by atoms with Gasteiger partial charge in [0.1, 0.15) is 11.6 Å². The monoisotopic (exact) mass is 234 g/mol. The van der Waals surface area contributed by atoms with Crippen LogP contribution in [0.25, 0.3) is 0 Å². The number of methoxy groups -OCH3 is 1. The molecule has 0 saturated carbocycles. The van der Waals surface area contributed by atoms with Crippen LogP contribution >= 0.6 is 15.9 Å². The number of rotatable bonds is 2. The van der Waals surface area contributed by atoms with E-state index in [1.807, 2.05) is 0 Å². The highest BCUT2D eigenvalue weighted by Crippen LogP contribution is 2.29. The van der Waals surface area contributed by atoms with E-state index in [9.17, 15) is 4.39 Å². The lowest BCUT2D eigenvalue weighted by molar-refractivity contribution is 0.411. The van der Waals surface area contributed by atoms with Crippen LogP contribution < -0.4 is 16.0 Å². The summed E-state index contributed by atoms with van der Waals surface area (Å²) in [7, 11) is 1.50. The van der Waals surface area contributed by atoms with Crippen molar-refractivity contribution in [1.82, 2.24) is 0 Å². The quantitative estimate of drug-likeness (QED) is 0.607. The third-order valence-corrected chi connectivity index (χ3v) is 2.02. The number of ether oxygens (including phenoxy) is 1. The van der Waals surface area contributed by atoms with Gasteiger partial charge in [-0.25, -0.2) is 4.39 Å². The molecule has 0 unspecified atom stereocenters. The van der Waals surface area contributed by atoms with Crippen molar-refractivity contribution in [3.63, 3.8) is 0 Å². The Kier molecular flexibility index (Phi) is 2.88. The van der Waals surface area contributed by atoms with E-state index in [1.54, 1.807) is 0 Å². The van der Waals surface area contributed by atoms with Crippen LogP contribution in [0, 0.1) is 5.82 Å². The number of nitrogens with two attached hydrogens (primary N) is 1. The molecule has 1 aromatic rings. The lowest BCUT2D eigenvalue weighted by Crippen LogP contribution is -2.08. The maximum absolute atomic E-state index is 12.9. The second-order valence-electron chi connectivity index (χ2n) is 2.11. The molecule has 1 aromatic carbocycles. The minimum absolute atomic E-state index is 0.204. The highest BCUT2D eigenvalue weighted by molar-refractivity contribution is 9.10. The van der Waals surface area contributed by atoms with Gasteiger partial charge in [0.25, 0.3) is 0 Å². The Balaban J connectivity index is 3.18. The van der Waals surface area contributed by atoms with Crippen molar-refractivity contribution in [3.8, 4) is 5.75 Å². The van der Waals surface area contributed by atoms with Crippen LogP contribution in [0.5, 0.6) is 5.75 Å². The van der Waals surface area contributed by atoms with Crippen LogP contribution in [0.1, 0.15) is 0 Å². The van der Waals surface area contributed by atoms with Gasteiger partial charge in [0.2, 0.25) is 0 Å². The number of hydrazine groups is 1. The Bertz CT molecular complexity index is 268. The molecule has 5 heteroatoms. The van der Waals surface area contributed by atoms with Gasteiger partial charge in [0.15, 0.2) is 0 Å². The van der Waals surface area contributed by atoms with Gasteiger partial charge >= 0.3 is 0 Å². The molecule has 0 atom stereocenters. The fraction of sp³-hybridized carbons (Fsp3) is 0.143. The largest absolute Gasteiger partial charge is 0.495 e. The van der Waals surface area contributed by atoms with Gasteiger partial charge in [-0.1, -0.05) is 0 Å². The van der Waals surface area contributed by atoms with E-state index < -0.39 is 5.82 Å². The second-order valence-corrected chi connectivity index (χ2v) is 2.97. The average molecular weight is 235 g/mol. The van der Waals surface area contributed by atoms with Crippen LogP contribution in [0.2, 0.25) is 0 Å². The first kappa shape index (κ1) is 9.28. The lowest BCUT2D eigenvalue weighted by atomic mass is 10.3. The normalized spacial score (nSPS) is 9.67. The molecular weight excluding hydrogens is 227 g/mol. The minimum atomic E-state index is -0.426. The number of nitrogen functional groups attached to an aromatic ring is 1. The molecule has 0 bridgehead atoms. The molecular formula is C7H8BrFN2O. The number of halogens is 2. The SMILES string of the molecule is COc1cc(NN)c(F)cc1Br. The number of anilines is 1. The van der Waals surface area contributed by atoms with Crippen LogP contribution in [0.15, 0.2) is 16.6 Å². The first-order valence-electron chi connectivity index (χ1n) is 3.18. The molecule has 0 radical (unpaired) electrons. The standard InChI is InChI=1S/C7H8BrFN2O/c1-12-7-3-6(11-10)5(9)2-4(7)8/h2-3,11H,10H2,1H3. The predicted octanol–water partition coefficient (Wildman–Crippen LogP) is 1.88. The van der Waals surface area contributed by atoms with E-state index >= 15 is 0 Å². The van der Waals surface area contributed by atoms with Gasteiger partial charge < -0.3 is 10.2 Å². The maximum atomic E-state index is 12.9. The molecule has 0 fully saturated rings. The summed E-state index contributed by atoms with van der Waals surface area (Å²) in [6.45, 7) is 0. The molecule has 0 heterocycles. The number of benzene rings is 1. The van der Waals surface area contributed by atoms with Gasteiger partial charge in [0, 0.05) is 6.07 Å². The zero-order valence-corrected chi connectivity index (χ0v) is 7.98. The molecule has 0 spiro atoms. The number of hydrogen-bond acceptors (Lipinski definition) is 3. The lowest BCUT2D eigenvalue weighted by Gasteiger charge is -2.06. The molecule has 12 heavy (non-hydrogen) atoms. The van der Waals surface area contributed by atoms with Crippen molar-refractivity contribution in [2.45, 2.75) is 0 Å². The first-order valence-corrected chi connectivity index (χ1v) is 3.98. The molecule has 1 rings (SSSR count). The molecule has 0 aromatic heterocycles. The minimum Gasteiger partial charge on any atom is -0.495 e. The number of hydrogen-bond donors (Lipinski definition) is 2. The highest BCUT2D eigenvalue weighted by Gasteiger charge is 2.06. The van der Waals surface area contributed by atoms with E-state index in [1.165, 1.54) is 19.2 Å². The molecule has 3 nitrogen and oxygen atoms in total. The Morgan fingerprint density at radius 3 is 2.75 bits per heavy atom. The van der Waals surface area contributed by atoms with Crippen LogP contribution in [0.3, 0.4) is 0 Å². The molecule has 0 aliphatic carbocycles. The third-order valence-electron chi connectivity index (χ3n) is 1.40. The summed E-state index contributed by atoms with van der Waals surface area (Å²) in [6.07, 6.45) is 0. The highest BCUT2D eigenvalue weighted by atomic mass is 79.9. The van der Waals surface area contributed by atoms with Crippen molar-refractivity contribution in [1.29, 1.82) is 0 Å². The maximum Gasteiger partial charge on any atom is 0.149 e. The van der Waals surface area contributed by atoms with Gasteiger partial charge in [0.05, 0.1) is 17.3 Å². The van der Waals surface area contributed by atoms with Crippen LogP contribution in [0.4, 0.5) is 10.1 Å². The summed E-state index contributed by atoms with van der Waals surface area (Å²) in [5.41, 5.74) is 2.43. The molecule has 3 N–H and O–H groups in total. The fourth-order valence-corrected chi connectivity index (χ4v) is 1.27. The van der Waals surface area contributed by atoms with Gasteiger partial charge in [-0.15, -0.1) is 0 Å². The molecule has 0 aliphatic rings. The zero-order chi connectivity index (χ0) is 9.14. The van der Waals surface area contributed by atoms with Gasteiger partial charge in [-0.3, -0.25) is 5.84 Å². The molecule has 66 valence electrons. The summed E-state index contributed by atoms with van der Waals surface area (Å²) < 4.78 is 18.4. The smallest absolute Gasteiger partial charge is 0.149 e. The van der Waals surface area contributed by atoms with Crippen molar-refractivity contribution in [3.05, 3.63) is 22.4 Å². The van der Waals surface area contributed by atoms with E-state index in [-0.39, 0.29) is 5.69 Å². The van der Waals surface area contributed by atoms with E-state index in [4.69, 9.17) is 10.6 Å². The number of nitrogens with one attached hydrogen (secondary N) is 1. The van der Waals surface area contributed by atoms with Gasteiger partial charge in [-0.2, -0.15) is 0 Å². The topological polar surface area (TPSA) is 47.3 Å². The molecule has 0 saturated heterocycles. The van der Waals surface area contributed by atoms with Gasteiger partial charge in [-0.05, 0) is 22.0 Å². The predicted molar refractivity (Wildman–Crippen MR) is 48.5 cm³/mol. The van der Waals surface area contributed by atoms with E-state index in [0.29, 0.717) is 10.2 Å². The average Bonchev–Trinajstić information content (AvgIpc) is 2.05. The zero-order valence-electron chi connectivity index (χ0n) is 6.40. The van der Waals surface area contributed by atoms with Crippen molar-refractivity contribution >= 4 is 21.6 Å². The fourth-order valence-electron chi connectivity index (χ4n) is 0.796. The third kappa shape index (κ3) is 1.67. The molecule has 0 aliphatic heterocycles. The second kappa shape index (κ2) is 3.73. The molecule has 0 amide bonds. The Morgan fingerprint density at radius 2 is 2.25 bits per heavy atom. The van der Waals surface area contributed by atoms with E-state index in [2.05, 4.69) is 21.4 Å². The summed E-state index contributed by atoms with van der Waals surface area (Å²) in [4.78, 5) is 0. The Hall–Kier alpha value is -0.810. The van der Waals surface area contributed by atoms with Crippen LogP contribution in [-0.4, -0.2) is 7.11 Å².